The fourth-order valence-electron chi connectivity index (χ4n) is 2.38. The number of carboxylic acids is 1. The molecule has 98 valence electrons. The summed E-state index contributed by atoms with van der Waals surface area (Å²) in [5.41, 5.74) is 1.92. The predicted octanol–water partition coefficient (Wildman–Crippen LogP) is 3.13. The number of pyridine rings is 1. The van der Waals surface area contributed by atoms with Crippen molar-refractivity contribution in [3.63, 3.8) is 0 Å². The molecule has 0 saturated carbocycles. The van der Waals surface area contributed by atoms with Crippen LogP contribution in [0.1, 0.15) is 24.0 Å². The zero-order valence-corrected chi connectivity index (χ0v) is 10.9. The van der Waals surface area contributed by atoms with Gasteiger partial charge in [0.05, 0.1) is 5.92 Å². The molecule has 0 aliphatic carbocycles. The Morgan fingerprint density at radius 1 is 1.21 bits per heavy atom. The Hall–Kier alpha value is -2.16. The molecule has 2 rings (SSSR count). The van der Waals surface area contributed by atoms with Gasteiger partial charge in [0.1, 0.15) is 0 Å². The summed E-state index contributed by atoms with van der Waals surface area (Å²) in [5, 5.41) is 9.45. The van der Waals surface area contributed by atoms with Crippen LogP contribution in [-0.2, 0) is 11.2 Å². The smallest absolute Gasteiger partial charge is 0.311 e. The van der Waals surface area contributed by atoms with Crippen molar-refractivity contribution >= 4 is 5.97 Å². The molecule has 1 heterocycles. The van der Waals surface area contributed by atoms with Gasteiger partial charge in [0.2, 0.25) is 0 Å². The molecule has 1 N–H and O–H groups in total. The van der Waals surface area contributed by atoms with E-state index in [4.69, 9.17) is 0 Å². The number of carboxylic acid groups (broad SMARTS) is 1. The Morgan fingerprint density at radius 3 is 2.53 bits per heavy atom. The van der Waals surface area contributed by atoms with Gasteiger partial charge in [-0.25, -0.2) is 0 Å². The first-order chi connectivity index (χ1) is 9.18. The summed E-state index contributed by atoms with van der Waals surface area (Å²) in [4.78, 5) is 15.5. The monoisotopic (exact) mass is 255 g/mol. The lowest BCUT2D eigenvalue weighted by atomic mass is 9.84. The highest BCUT2D eigenvalue weighted by Crippen LogP contribution is 2.27. The van der Waals surface area contributed by atoms with Crippen LogP contribution in [-0.4, -0.2) is 16.1 Å². The van der Waals surface area contributed by atoms with Gasteiger partial charge in [-0.1, -0.05) is 43.3 Å². The van der Waals surface area contributed by atoms with Crippen molar-refractivity contribution in [2.24, 2.45) is 5.92 Å². The van der Waals surface area contributed by atoms with E-state index in [1.807, 2.05) is 43.3 Å². The third-order valence-corrected chi connectivity index (χ3v) is 3.28. The van der Waals surface area contributed by atoms with Crippen LogP contribution in [0.25, 0.3) is 0 Å². The van der Waals surface area contributed by atoms with E-state index in [2.05, 4.69) is 4.98 Å². The van der Waals surface area contributed by atoms with Gasteiger partial charge in [0, 0.05) is 12.4 Å². The van der Waals surface area contributed by atoms with Gasteiger partial charge in [0.25, 0.3) is 0 Å². The molecule has 0 fully saturated rings. The summed E-state index contributed by atoms with van der Waals surface area (Å²) in [7, 11) is 0. The molecule has 2 aromatic rings. The minimum atomic E-state index is -0.795. The fourth-order valence-corrected chi connectivity index (χ4v) is 2.38. The van der Waals surface area contributed by atoms with Gasteiger partial charge in [-0.05, 0) is 29.5 Å². The van der Waals surface area contributed by atoms with Crippen LogP contribution < -0.4 is 0 Å². The number of carbonyl (C=O) groups is 1. The van der Waals surface area contributed by atoms with Crippen LogP contribution in [0.5, 0.6) is 0 Å². The Bertz CT molecular complexity index is 525. The molecule has 0 saturated heterocycles. The molecule has 0 aliphatic rings. The third kappa shape index (κ3) is 3.41. The molecular weight excluding hydrogens is 238 g/mol. The average Bonchev–Trinajstić information content (AvgIpc) is 2.40. The second kappa shape index (κ2) is 6.14. The number of aromatic nitrogens is 1. The molecule has 0 aliphatic heterocycles. The summed E-state index contributed by atoms with van der Waals surface area (Å²) >= 11 is 0. The lowest BCUT2D eigenvalue weighted by molar-refractivity contribution is -0.140. The fraction of sp³-hybridized carbons (Fsp3) is 0.250. The minimum absolute atomic E-state index is 0.0177. The molecule has 1 aromatic heterocycles. The van der Waals surface area contributed by atoms with Gasteiger partial charge in [-0.15, -0.1) is 0 Å². The highest BCUT2D eigenvalue weighted by atomic mass is 16.4. The van der Waals surface area contributed by atoms with Crippen molar-refractivity contribution in [2.75, 3.05) is 0 Å². The first-order valence-corrected chi connectivity index (χ1v) is 6.35. The van der Waals surface area contributed by atoms with Crippen molar-refractivity contribution < 1.29 is 9.90 Å². The van der Waals surface area contributed by atoms with E-state index in [0.29, 0.717) is 0 Å². The van der Waals surface area contributed by atoms with Crippen molar-refractivity contribution in [1.82, 2.24) is 4.98 Å². The third-order valence-electron chi connectivity index (χ3n) is 3.28. The molecule has 3 nitrogen and oxygen atoms in total. The first-order valence-electron chi connectivity index (χ1n) is 6.35. The van der Waals surface area contributed by atoms with Crippen LogP contribution >= 0.6 is 0 Å². The number of nitrogens with zero attached hydrogens (tertiary/aromatic N) is 1. The van der Waals surface area contributed by atoms with E-state index >= 15 is 0 Å². The number of hydrogen-bond acceptors (Lipinski definition) is 2. The van der Waals surface area contributed by atoms with Gasteiger partial charge >= 0.3 is 5.97 Å². The standard InChI is InChI=1S/C16H17NO2/c1-12(10-13-6-3-2-4-7-13)15(16(18)19)14-8-5-9-17-11-14/h2-9,11-12,15H,10H2,1H3,(H,18,19). The molecule has 0 spiro atoms. The topological polar surface area (TPSA) is 50.2 Å². The van der Waals surface area contributed by atoms with E-state index in [1.165, 1.54) is 0 Å². The first kappa shape index (κ1) is 13.3. The molecule has 0 bridgehead atoms. The summed E-state index contributed by atoms with van der Waals surface area (Å²) in [6.45, 7) is 1.97. The van der Waals surface area contributed by atoms with Crippen molar-refractivity contribution in [2.45, 2.75) is 19.3 Å². The number of hydrogen-bond donors (Lipinski definition) is 1. The summed E-state index contributed by atoms with van der Waals surface area (Å²) in [6.07, 6.45) is 4.04. The van der Waals surface area contributed by atoms with Crippen molar-refractivity contribution in [3.8, 4) is 0 Å². The summed E-state index contributed by atoms with van der Waals surface area (Å²) in [5.74, 6) is -1.30. The van der Waals surface area contributed by atoms with E-state index in [9.17, 15) is 9.90 Å². The van der Waals surface area contributed by atoms with Crippen LogP contribution in [0.2, 0.25) is 0 Å². The largest absolute Gasteiger partial charge is 0.481 e. The van der Waals surface area contributed by atoms with Crippen molar-refractivity contribution in [1.29, 1.82) is 0 Å². The second-order valence-electron chi connectivity index (χ2n) is 4.77. The molecule has 2 unspecified atom stereocenters. The lowest BCUT2D eigenvalue weighted by Crippen LogP contribution is -2.21. The van der Waals surface area contributed by atoms with Crippen LogP contribution in [0.3, 0.4) is 0 Å². The van der Waals surface area contributed by atoms with Gasteiger partial charge < -0.3 is 5.11 Å². The quantitative estimate of drug-likeness (QED) is 0.893. The molecule has 0 radical (unpaired) electrons. The Balaban J connectivity index is 2.18. The Kier molecular flexibility index (Phi) is 4.29. The van der Waals surface area contributed by atoms with E-state index in [1.54, 1.807) is 18.5 Å². The predicted molar refractivity (Wildman–Crippen MR) is 73.9 cm³/mol. The number of aliphatic carboxylic acids is 1. The van der Waals surface area contributed by atoms with Gasteiger partial charge in [-0.2, -0.15) is 0 Å². The maximum atomic E-state index is 11.5. The zero-order valence-electron chi connectivity index (χ0n) is 10.9. The normalized spacial score (nSPS) is 13.7. The molecule has 1 aromatic carbocycles. The minimum Gasteiger partial charge on any atom is -0.481 e. The molecule has 2 atom stereocenters. The lowest BCUT2D eigenvalue weighted by Gasteiger charge is -2.20. The average molecular weight is 255 g/mol. The Morgan fingerprint density at radius 2 is 1.95 bits per heavy atom. The molecule has 3 heteroatoms. The van der Waals surface area contributed by atoms with Crippen LogP contribution in [0.4, 0.5) is 0 Å². The van der Waals surface area contributed by atoms with Gasteiger partial charge in [-0.3, -0.25) is 9.78 Å². The summed E-state index contributed by atoms with van der Waals surface area (Å²) in [6, 6.07) is 13.6. The highest BCUT2D eigenvalue weighted by molar-refractivity contribution is 5.76. The van der Waals surface area contributed by atoms with Crippen LogP contribution in [0.15, 0.2) is 54.9 Å². The van der Waals surface area contributed by atoms with E-state index < -0.39 is 11.9 Å². The highest BCUT2D eigenvalue weighted by Gasteiger charge is 2.26. The zero-order chi connectivity index (χ0) is 13.7. The molecular formula is C16H17NO2. The van der Waals surface area contributed by atoms with E-state index in [-0.39, 0.29) is 5.92 Å². The van der Waals surface area contributed by atoms with Crippen LogP contribution in [0, 0.1) is 5.92 Å². The number of rotatable bonds is 5. The van der Waals surface area contributed by atoms with E-state index in [0.717, 1.165) is 17.5 Å². The molecule has 19 heavy (non-hydrogen) atoms. The second-order valence-corrected chi connectivity index (χ2v) is 4.77. The SMILES string of the molecule is CC(Cc1ccccc1)C(C(=O)O)c1cccnc1. The molecule has 0 amide bonds. The van der Waals surface area contributed by atoms with Gasteiger partial charge in [0.15, 0.2) is 0 Å². The maximum absolute atomic E-state index is 11.5. The number of benzene rings is 1. The maximum Gasteiger partial charge on any atom is 0.311 e. The Labute approximate surface area is 112 Å². The van der Waals surface area contributed by atoms with Crippen molar-refractivity contribution in [3.05, 3.63) is 66.0 Å². The summed E-state index contributed by atoms with van der Waals surface area (Å²) < 4.78 is 0.